The first-order valence-electron chi connectivity index (χ1n) is 7.69. The van der Waals surface area contributed by atoms with Gasteiger partial charge in [-0.25, -0.2) is 0 Å². The van der Waals surface area contributed by atoms with E-state index >= 15 is 0 Å². The highest BCUT2D eigenvalue weighted by Crippen LogP contribution is 2.20. The molecule has 3 heteroatoms. The smallest absolute Gasteiger partial charge is 0.119 e. The number of rotatable bonds is 4. The topological polar surface area (TPSA) is 32.7 Å². The van der Waals surface area contributed by atoms with Crippen LogP contribution in [-0.2, 0) is 0 Å². The standard InChI is InChI=1S/C15H23NO2.C2H6/c1-13-3-5-14(6-4-13)18-12-11-16-9-7-15(2,17)8-10-16;1-2/h3-6,17H,7-12H2,1-2H3;1-2H3. The van der Waals surface area contributed by atoms with Crippen molar-refractivity contribution in [2.75, 3.05) is 26.2 Å². The zero-order chi connectivity index (χ0) is 15.0. The fourth-order valence-electron chi connectivity index (χ4n) is 2.19. The molecule has 0 amide bonds. The van der Waals surface area contributed by atoms with Crippen molar-refractivity contribution in [1.29, 1.82) is 0 Å². The maximum atomic E-state index is 9.86. The largest absolute Gasteiger partial charge is 0.492 e. The molecule has 1 N–H and O–H groups in total. The molecule has 1 saturated heterocycles. The van der Waals surface area contributed by atoms with Crippen molar-refractivity contribution in [3.8, 4) is 5.75 Å². The Labute approximate surface area is 123 Å². The van der Waals surface area contributed by atoms with Crippen LogP contribution in [0.25, 0.3) is 0 Å². The third-order valence-corrected chi connectivity index (χ3v) is 3.63. The van der Waals surface area contributed by atoms with E-state index in [2.05, 4.69) is 24.0 Å². The summed E-state index contributed by atoms with van der Waals surface area (Å²) in [6.07, 6.45) is 1.72. The minimum Gasteiger partial charge on any atom is -0.492 e. The Balaban J connectivity index is 0.000000956. The van der Waals surface area contributed by atoms with Gasteiger partial charge in [-0.3, -0.25) is 4.90 Å². The molecule has 0 bridgehead atoms. The van der Waals surface area contributed by atoms with Gasteiger partial charge in [0.15, 0.2) is 0 Å². The van der Waals surface area contributed by atoms with E-state index < -0.39 is 5.60 Å². The maximum absolute atomic E-state index is 9.86. The van der Waals surface area contributed by atoms with Crippen LogP contribution in [0.2, 0.25) is 0 Å². The Morgan fingerprint density at radius 1 is 1.15 bits per heavy atom. The Hall–Kier alpha value is -1.06. The summed E-state index contributed by atoms with van der Waals surface area (Å²) < 4.78 is 5.71. The first kappa shape index (κ1) is 17.0. The summed E-state index contributed by atoms with van der Waals surface area (Å²) in [5.74, 6) is 0.935. The first-order chi connectivity index (χ1) is 9.55. The summed E-state index contributed by atoms with van der Waals surface area (Å²) in [7, 11) is 0. The summed E-state index contributed by atoms with van der Waals surface area (Å²) >= 11 is 0. The summed E-state index contributed by atoms with van der Waals surface area (Å²) in [5.41, 5.74) is 0.787. The number of piperidine rings is 1. The van der Waals surface area contributed by atoms with Crippen LogP contribution in [0.5, 0.6) is 5.75 Å². The van der Waals surface area contributed by atoms with Crippen LogP contribution in [0, 0.1) is 6.92 Å². The molecular weight excluding hydrogens is 250 g/mol. The lowest BCUT2D eigenvalue weighted by molar-refractivity contribution is -0.00768. The van der Waals surface area contributed by atoms with E-state index in [0.29, 0.717) is 6.61 Å². The molecule has 0 spiro atoms. The lowest BCUT2D eigenvalue weighted by Crippen LogP contribution is -2.43. The van der Waals surface area contributed by atoms with Crippen molar-refractivity contribution >= 4 is 0 Å². The zero-order valence-electron chi connectivity index (χ0n) is 13.4. The Morgan fingerprint density at radius 3 is 2.25 bits per heavy atom. The van der Waals surface area contributed by atoms with Crippen molar-refractivity contribution in [3.63, 3.8) is 0 Å². The van der Waals surface area contributed by atoms with E-state index in [-0.39, 0.29) is 0 Å². The molecule has 1 heterocycles. The van der Waals surface area contributed by atoms with E-state index in [0.717, 1.165) is 38.2 Å². The minimum atomic E-state index is -0.464. The highest BCUT2D eigenvalue weighted by Gasteiger charge is 2.26. The van der Waals surface area contributed by atoms with Crippen molar-refractivity contribution in [1.82, 2.24) is 4.90 Å². The molecular formula is C17H29NO2. The van der Waals surface area contributed by atoms with E-state index in [1.807, 2.05) is 32.9 Å². The predicted molar refractivity (Wildman–Crippen MR) is 84.3 cm³/mol. The molecule has 1 aromatic carbocycles. The van der Waals surface area contributed by atoms with E-state index in [1.165, 1.54) is 5.56 Å². The highest BCUT2D eigenvalue weighted by molar-refractivity contribution is 5.26. The number of hydrogen-bond acceptors (Lipinski definition) is 3. The van der Waals surface area contributed by atoms with E-state index in [4.69, 9.17) is 4.74 Å². The van der Waals surface area contributed by atoms with Crippen molar-refractivity contribution in [3.05, 3.63) is 29.8 Å². The van der Waals surface area contributed by atoms with Crippen molar-refractivity contribution < 1.29 is 9.84 Å². The fraction of sp³-hybridized carbons (Fsp3) is 0.647. The van der Waals surface area contributed by atoms with Gasteiger partial charge in [0.05, 0.1) is 5.60 Å². The van der Waals surface area contributed by atoms with Gasteiger partial charge >= 0.3 is 0 Å². The molecule has 1 aliphatic heterocycles. The molecule has 0 saturated carbocycles. The number of nitrogens with zero attached hydrogens (tertiary/aromatic N) is 1. The van der Waals surface area contributed by atoms with Gasteiger partial charge in [-0.2, -0.15) is 0 Å². The molecule has 0 unspecified atom stereocenters. The fourth-order valence-corrected chi connectivity index (χ4v) is 2.19. The first-order valence-corrected chi connectivity index (χ1v) is 7.69. The lowest BCUT2D eigenvalue weighted by Gasteiger charge is -2.35. The van der Waals surface area contributed by atoms with E-state index in [1.54, 1.807) is 0 Å². The average Bonchev–Trinajstić information content (AvgIpc) is 2.45. The number of likely N-dealkylation sites (tertiary alicyclic amines) is 1. The Kier molecular flexibility index (Phi) is 7.03. The minimum absolute atomic E-state index is 0.464. The second kappa shape index (κ2) is 8.28. The van der Waals surface area contributed by atoms with Gasteiger partial charge in [0.1, 0.15) is 12.4 Å². The molecule has 2 rings (SSSR count). The monoisotopic (exact) mass is 279 g/mol. The molecule has 0 atom stereocenters. The molecule has 20 heavy (non-hydrogen) atoms. The van der Waals surface area contributed by atoms with Crippen LogP contribution in [0.3, 0.4) is 0 Å². The van der Waals surface area contributed by atoms with Gasteiger partial charge in [0, 0.05) is 19.6 Å². The van der Waals surface area contributed by atoms with Gasteiger partial charge < -0.3 is 9.84 Å². The van der Waals surface area contributed by atoms with E-state index in [9.17, 15) is 5.11 Å². The number of hydrogen-bond donors (Lipinski definition) is 1. The second-order valence-electron chi connectivity index (χ2n) is 5.50. The molecule has 114 valence electrons. The van der Waals surface area contributed by atoms with Gasteiger partial charge in [-0.1, -0.05) is 31.5 Å². The van der Waals surface area contributed by atoms with Crippen LogP contribution >= 0.6 is 0 Å². The SMILES string of the molecule is CC.Cc1ccc(OCCN2CCC(C)(O)CC2)cc1. The third-order valence-electron chi connectivity index (χ3n) is 3.63. The molecule has 1 aliphatic rings. The van der Waals surface area contributed by atoms with Gasteiger partial charge in [-0.15, -0.1) is 0 Å². The number of aliphatic hydroxyl groups is 1. The van der Waals surface area contributed by atoms with Crippen LogP contribution in [0.1, 0.15) is 39.2 Å². The van der Waals surface area contributed by atoms with Gasteiger partial charge in [0.2, 0.25) is 0 Å². The number of ether oxygens (including phenoxy) is 1. The molecule has 1 aromatic rings. The van der Waals surface area contributed by atoms with Crippen molar-refractivity contribution in [2.45, 2.75) is 46.1 Å². The van der Waals surface area contributed by atoms with Crippen LogP contribution < -0.4 is 4.74 Å². The summed E-state index contributed by atoms with van der Waals surface area (Å²) in [6.45, 7) is 11.6. The van der Waals surface area contributed by atoms with Gasteiger partial charge in [0.25, 0.3) is 0 Å². The van der Waals surface area contributed by atoms with Crippen LogP contribution in [0.15, 0.2) is 24.3 Å². The summed E-state index contributed by atoms with van der Waals surface area (Å²) in [5, 5.41) is 9.86. The summed E-state index contributed by atoms with van der Waals surface area (Å²) in [4.78, 5) is 2.35. The van der Waals surface area contributed by atoms with Crippen molar-refractivity contribution in [2.24, 2.45) is 0 Å². The predicted octanol–water partition coefficient (Wildman–Crippen LogP) is 3.25. The van der Waals surface area contributed by atoms with Crippen LogP contribution in [-0.4, -0.2) is 41.8 Å². The summed E-state index contributed by atoms with van der Waals surface area (Å²) in [6, 6.07) is 8.15. The molecule has 0 aliphatic carbocycles. The average molecular weight is 279 g/mol. The molecule has 3 nitrogen and oxygen atoms in total. The van der Waals surface area contributed by atoms with Gasteiger partial charge in [-0.05, 0) is 38.8 Å². The Morgan fingerprint density at radius 2 is 1.70 bits per heavy atom. The number of aryl methyl sites for hydroxylation is 1. The molecule has 0 aromatic heterocycles. The highest BCUT2D eigenvalue weighted by atomic mass is 16.5. The van der Waals surface area contributed by atoms with Crippen LogP contribution in [0.4, 0.5) is 0 Å². The zero-order valence-corrected chi connectivity index (χ0v) is 13.4. The molecule has 0 radical (unpaired) electrons. The second-order valence-corrected chi connectivity index (χ2v) is 5.50. The normalized spacial score (nSPS) is 18.1. The number of benzene rings is 1. The quantitative estimate of drug-likeness (QED) is 0.918. The maximum Gasteiger partial charge on any atom is 0.119 e. The lowest BCUT2D eigenvalue weighted by atomic mass is 9.94. The molecule has 1 fully saturated rings. The third kappa shape index (κ3) is 5.93. The Bertz CT molecular complexity index is 363.